The number of aromatic nitrogens is 1. The summed E-state index contributed by atoms with van der Waals surface area (Å²) in [6.45, 7) is 2.38. The summed E-state index contributed by atoms with van der Waals surface area (Å²) in [7, 11) is 0. The molecule has 1 aliphatic carbocycles. The van der Waals surface area contributed by atoms with Gasteiger partial charge in [0.25, 0.3) is 0 Å². The number of nitrogens with zero attached hydrogens (tertiary/aromatic N) is 2. The number of hydrogen-bond donors (Lipinski definition) is 0. The van der Waals surface area contributed by atoms with E-state index in [1.165, 1.54) is 6.42 Å². The van der Waals surface area contributed by atoms with Crippen molar-refractivity contribution in [1.29, 1.82) is 0 Å². The molecule has 20 heavy (non-hydrogen) atoms. The lowest BCUT2D eigenvalue weighted by molar-refractivity contribution is -0.138. The third-order valence-corrected chi connectivity index (χ3v) is 3.94. The van der Waals surface area contributed by atoms with Crippen LogP contribution in [0.1, 0.15) is 19.3 Å². The van der Waals surface area contributed by atoms with Crippen molar-refractivity contribution in [1.82, 2.24) is 9.88 Å². The van der Waals surface area contributed by atoms with Crippen molar-refractivity contribution in [3.8, 4) is 5.75 Å². The molecule has 2 aliphatic rings. The van der Waals surface area contributed by atoms with Crippen molar-refractivity contribution in [3.05, 3.63) is 24.5 Å². The van der Waals surface area contributed by atoms with E-state index in [1.54, 1.807) is 12.4 Å². The minimum Gasteiger partial charge on any atom is -0.485 e. The average Bonchev–Trinajstić information content (AvgIpc) is 2.63. The van der Waals surface area contributed by atoms with Crippen LogP contribution in [0, 0.1) is 5.92 Å². The van der Waals surface area contributed by atoms with Gasteiger partial charge in [0.2, 0.25) is 5.91 Å². The Hall–Kier alpha value is -1.62. The molecule has 0 spiro atoms. The number of rotatable bonds is 3. The maximum atomic E-state index is 12.3. The van der Waals surface area contributed by atoms with E-state index in [9.17, 15) is 4.79 Å². The van der Waals surface area contributed by atoms with Crippen molar-refractivity contribution in [2.24, 2.45) is 5.92 Å². The molecular formula is C15H20N2O3. The summed E-state index contributed by atoms with van der Waals surface area (Å²) in [6, 6.07) is 3.71. The van der Waals surface area contributed by atoms with Crippen LogP contribution in [0.15, 0.2) is 24.5 Å². The quantitative estimate of drug-likeness (QED) is 0.839. The molecule has 2 fully saturated rings. The molecule has 1 aromatic rings. The predicted octanol–water partition coefficient (Wildman–Crippen LogP) is 1.49. The fourth-order valence-corrected chi connectivity index (χ4v) is 2.57. The first kappa shape index (κ1) is 13.4. The molecule has 3 rings (SSSR count). The van der Waals surface area contributed by atoms with E-state index in [4.69, 9.17) is 9.47 Å². The van der Waals surface area contributed by atoms with Crippen molar-refractivity contribution < 1.29 is 14.3 Å². The SMILES string of the molecule is O=C(C1CCC1)N1CCOC[C@H](Oc2cccnc2)C1. The van der Waals surface area contributed by atoms with Crippen LogP contribution < -0.4 is 4.74 Å². The number of carbonyl (C=O) groups excluding carboxylic acids is 1. The van der Waals surface area contributed by atoms with Crippen LogP contribution in [-0.4, -0.2) is 48.2 Å². The maximum absolute atomic E-state index is 12.3. The van der Waals surface area contributed by atoms with E-state index in [0.29, 0.717) is 26.3 Å². The Kier molecular flexibility index (Phi) is 4.16. The molecule has 1 atom stereocenters. The molecule has 5 heteroatoms. The summed E-state index contributed by atoms with van der Waals surface area (Å²) in [5.74, 6) is 1.22. The first-order valence-electron chi connectivity index (χ1n) is 7.26. The number of carbonyl (C=O) groups is 1. The van der Waals surface area contributed by atoms with Crippen LogP contribution in [0.4, 0.5) is 0 Å². The van der Waals surface area contributed by atoms with Gasteiger partial charge in [-0.2, -0.15) is 0 Å². The summed E-state index contributed by atoms with van der Waals surface area (Å²) in [4.78, 5) is 18.3. The Labute approximate surface area is 118 Å². The summed E-state index contributed by atoms with van der Waals surface area (Å²) in [5, 5.41) is 0. The minimum atomic E-state index is -0.120. The normalized spacial score (nSPS) is 23.8. The first-order valence-corrected chi connectivity index (χ1v) is 7.26. The highest BCUT2D eigenvalue weighted by Crippen LogP contribution is 2.28. The zero-order valence-electron chi connectivity index (χ0n) is 11.5. The van der Waals surface area contributed by atoms with Crippen LogP contribution in [0.2, 0.25) is 0 Å². The lowest BCUT2D eigenvalue weighted by Crippen LogP contribution is -2.44. The number of ether oxygens (including phenoxy) is 2. The first-order chi connectivity index (χ1) is 9.83. The fourth-order valence-electron chi connectivity index (χ4n) is 2.57. The van der Waals surface area contributed by atoms with E-state index in [-0.39, 0.29) is 17.9 Å². The molecule has 0 unspecified atom stereocenters. The topological polar surface area (TPSA) is 51.7 Å². The second kappa shape index (κ2) is 6.22. The highest BCUT2D eigenvalue weighted by molar-refractivity contribution is 5.79. The zero-order chi connectivity index (χ0) is 13.8. The van der Waals surface area contributed by atoms with Gasteiger partial charge in [-0.25, -0.2) is 0 Å². The third-order valence-electron chi connectivity index (χ3n) is 3.94. The van der Waals surface area contributed by atoms with Gasteiger partial charge in [0.15, 0.2) is 0 Å². The van der Waals surface area contributed by atoms with Crippen LogP contribution in [0.5, 0.6) is 5.75 Å². The predicted molar refractivity (Wildman–Crippen MR) is 73.4 cm³/mol. The molecule has 1 saturated carbocycles. The second-order valence-corrected chi connectivity index (χ2v) is 5.42. The molecule has 0 N–H and O–H groups in total. The van der Waals surface area contributed by atoms with Gasteiger partial charge >= 0.3 is 0 Å². The van der Waals surface area contributed by atoms with Gasteiger partial charge in [0.1, 0.15) is 11.9 Å². The standard InChI is InChI=1S/C15H20N2O3/c18-15(12-3-1-4-12)17-7-8-19-11-14(10-17)20-13-5-2-6-16-9-13/h2,5-6,9,12,14H,1,3-4,7-8,10-11H2/t14-/m1/s1. The summed E-state index contributed by atoms with van der Waals surface area (Å²) < 4.78 is 11.4. The summed E-state index contributed by atoms with van der Waals surface area (Å²) in [6.07, 6.45) is 6.52. The van der Waals surface area contributed by atoms with Gasteiger partial charge < -0.3 is 14.4 Å². The molecule has 5 nitrogen and oxygen atoms in total. The molecule has 1 aliphatic heterocycles. The van der Waals surface area contributed by atoms with Gasteiger partial charge in [-0.15, -0.1) is 0 Å². The fraction of sp³-hybridized carbons (Fsp3) is 0.600. The van der Waals surface area contributed by atoms with Crippen LogP contribution in [-0.2, 0) is 9.53 Å². The highest BCUT2D eigenvalue weighted by Gasteiger charge is 2.32. The molecule has 1 saturated heterocycles. The van der Waals surface area contributed by atoms with Gasteiger partial charge in [-0.05, 0) is 25.0 Å². The van der Waals surface area contributed by atoms with Crippen molar-refractivity contribution in [3.63, 3.8) is 0 Å². The Bertz CT molecular complexity index is 448. The average molecular weight is 276 g/mol. The second-order valence-electron chi connectivity index (χ2n) is 5.42. The molecule has 1 aromatic heterocycles. The zero-order valence-corrected chi connectivity index (χ0v) is 11.5. The lowest BCUT2D eigenvalue weighted by atomic mass is 9.84. The van der Waals surface area contributed by atoms with Crippen LogP contribution in [0.3, 0.4) is 0 Å². The van der Waals surface area contributed by atoms with Crippen molar-refractivity contribution in [2.45, 2.75) is 25.4 Å². The molecule has 0 aromatic carbocycles. The lowest BCUT2D eigenvalue weighted by Gasteiger charge is -2.31. The van der Waals surface area contributed by atoms with Gasteiger partial charge in [-0.3, -0.25) is 9.78 Å². The van der Waals surface area contributed by atoms with Crippen molar-refractivity contribution in [2.75, 3.05) is 26.3 Å². The van der Waals surface area contributed by atoms with Crippen LogP contribution >= 0.6 is 0 Å². The van der Waals surface area contributed by atoms with E-state index in [1.807, 2.05) is 17.0 Å². The number of hydrogen-bond acceptors (Lipinski definition) is 4. The Morgan fingerprint density at radius 2 is 2.35 bits per heavy atom. The minimum absolute atomic E-state index is 0.120. The van der Waals surface area contributed by atoms with E-state index < -0.39 is 0 Å². The van der Waals surface area contributed by atoms with E-state index in [0.717, 1.165) is 18.6 Å². The van der Waals surface area contributed by atoms with E-state index in [2.05, 4.69) is 4.98 Å². The summed E-state index contributed by atoms with van der Waals surface area (Å²) in [5.41, 5.74) is 0. The largest absolute Gasteiger partial charge is 0.485 e. The molecule has 108 valence electrons. The van der Waals surface area contributed by atoms with Crippen LogP contribution in [0.25, 0.3) is 0 Å². The Morgan fingerprint density at radius 3 is 3.05 bits per heavy atom. The summed E-state index contributed by atoms with van der Waals surface area (Å²) >= 11 is 0. The smallest absolute Gasteiger partial charge is 0.225 e. The van der Waals surface area contributed by atoms with Gasteiger partial charge in [-0.1, -0.05) is 6.42 Å². The Morgan fingerprint density at radius 1 is 1.45 bits per heavy atom. The highest BCUT2D eigenvalue weighted by atomic mass is 16.5. The molecule has 0 bridgehead atoms. The number of pyridine rings is 1. The van der Waals surface area contributed by atoms with Gasteiger partial charge in [0, 0.05) is 18.7 Å². The van der Waals surface area contributed by atoms with E-state index >= 15 is 0 Å². The van der Waals surface area contributed by atoms with Crippen molar-refractivity contribution >= 4 is 5.91 Å². The monoisotopic (exact) mass is 276 g/mol. The molecule has 1 amide bonds. The van der Waals surface area contributed by atoms with Gasteiger partial charge in [0.05, 0.1) is 26.0 Å². The molecule has 0 radical (unpaired) electrons. The Balaban J connectivity index is 1.61. The number of amides is 1. The maximum Gasteiger partial charge on any atom is 0.225 e. The third kappa shape index (κ3) is 3.10. The molecular weight excluding hydrogens is 256 g/mol. The molecule has 2 heterocycles.